The molecule has 0 unspecified atom stereocenters. The first kappa shape index (κ1) is 26.5. The molecule has 2 heterocycles. The van der Waals surface area contributed by atoms with Crippen molar-refractivity contribution in [3.8, 4) is 5.75 Å². The van der Waals surface area contributed by atoms with E-state index in [0.29, 0.717) is 30.9 Å². The number of amides is 2. The highest BCUT2D eigenvalue weighted by Crippen LogP contribution is 2.24. The molecule has 0 radical (unpaired) electrons. The summed E-state index contributed by atoms with van der Waals surface area (Å²) in [4.78, 5) is 30.9. The molecule has 2 aliphatic heterocycles. The first-order valence-electron chi connectivity index (χ1n) is 13.3. The van der Waals surface area contributed by atoms with E-state index in [4.69, 9.17) is 4.74 Å². The van der Waals surface area contributed by atoms with E-state index in [-0.39, 0.29) is 23.9 Å². The van der Waals surface area contributed by atoms with E-state index >= 15 is 0 Å². The van der Waals surface area contributed by atoms with Crippen LogP contribution in [0.1, 0.15) is 65.4 Å². The normalized spacial score (nSPS) is 20.8. The Bertz CT molecular complexity index is 802. The Morgan fingerprint density at radius 2 is 1.85 bits per heavy atom. The number of piperidine rings is 1. The maximum Gasteiger partial charge on any atom is 0.245 e. The zero-order valence-electron chi connectivity index (χ0n) is 21.9. The predicted octanol–water partition coefficient (Wildman–Crippen LogP) is 4.26. The minimum absolute atomic E-state index is 0.104. The number of benzene rings is 1. The van der Waals surface area contributed by atoms with Gasteiger partial charge in [0.1, 0.15) is 11.8 Å². The van der Waals surface area contributed by atoms with Gasteiger partial charge in [0, 0.05) is 26.2 Å². The van der Waals surface area contributed by atoms with E-state index in [9.17, 15) is 9.59 Å². The molecule has 2 saturated heterocycles. The molecule has 190 valence electrons. The number of hydrogen-bond donors (Lipinski definition) is 1. The highest BCUT2D eigenvalue weighted by Gasteiger charge is 2.38. The molecule has 6 nitrogen and oxygen atoms in total. The van der Waals surface area contributed by atoms with Gasteiger partial charge in [0.25, 0.3) is 0 Å². The van der Waals surface area contributed by atoms with Crippen LogP contribution in [0.4, 0.5) is 0 Å². The van der Waals surface area contributed by atoms with Gasteiger partial charge in [-0.15, -0.1) is 0 Å². The molecule has 0 aliphatic carbocycles. The van der Waals surface area contributed by atoms with E-state index < -0.39 is 0 Å². The second-order valence-electron chi connectivity index (χ2n) is 11.1. The van der Waals surface area contributed by atoms with Crippen LogP contribution < -0.4 is 10.1 Å². The maximum absolute atomic E-state index is 13.7. The lowest BCUT2D eigenvalue weighted by atomic mass is 9.94. The molecule has 0 spiro atoms. The number of carbonyl (C=O) groups is 2. The van der Waals surface area contributed by atoms with E-state index in [2.05, 4.69) is 52.1 Å². The molecule has 0 bridgehead atoms. The summed E-state index contributed by atoms with van der Waals surface area (Å²) < 4.78 is 6.02. The first-order valence-corrected chi connectivity index (χ1v) is 13.3. The fourth-order valence-corrected chi connectivity index (χ4v) is 5.05. The third-order valence-corrected chi connectivity index (χ3v) is 7.11. The topological polar surface area (TPSA) is 61.9 Å². The molecular weight excluding hydrogens is 426 g/mol. The van der Waals surface area contributed by atoms with Gasteiger partial charge < -0.3 is 19.9 Å². The second kappa shape index (κ2) is 12.6. The van der Waals surface area contributed by atoms with Crippen molar-refractivity contribution >= 4 is 11.8 Å². The third kappa shape index (κ3) is 7.46. The highest BCUT2D eigenvalue weighted by molar-refractivity contribution is 5.90. The lowest BCUT2D eigenvalue weighted by Crippen LogP contribution is -2.62. The van der Waals surface area contributed by atoms with Gasteiger partial charge in [-0.2, -0.15) is 0 Å². The quantitative estimate of drug-likeness (QED) is 0.554. The molecule has 0 aromatic heterocycles. The summed E-state index contributed by atoms with van der Waals surface area (Å²) in [6.45, 7) is 14.3. The number of rotatable bonds is 10. The molecule has 1 aromatic carbocycles. The molecule has 1 N–H and O–H groups in total. The van der Waals surface area contributed by atoms with Crippen LogP contribution in [-0.2, 0) is 9.59 Å². The SMILES string of the molecule is Cc1cccc(OCC2CCN(C(=O)[C@H](CC(C)C)N3CCN[C@@H](CCC(C)C)C3=O)CC2)c1. The molecular formula is C28H45N3O3. The van der Waals surface area contributed by atoms with Gasteiger partial charge in [0.05, 0.1) is 12.6 Å². The van der Waals surface area contributed by atoms with E-state index in [1.54, 1.807) is 0 Å². The van der Waals surface area contributed by atoms with Crippen LogP contribution in [0.15, 0.2) is 24.3 Å². The van der Waals surface area contributed by atoms with Crippen LogP contribution in [0.2, 0.25) is 0 Å². The largest absolute Gasteiger partial charge is 0.493 e. The second-order valence-corrected chi connectivity index (χ2v) is 11.1. The number of aryl methyl sites for hydroxylation is 1. The third-order valence-electron chi connectivity index (χ3n) is 7.11. The number of nitrogens with zero attached hydrogens (tertiary/aromatic N) is 2. The van der Waals surface area contributed by atoms with E-state index in [1.807, 2.05) is 21.9 Å². The summed E-state index contributed by atoms with van der Waals surface area (Å²) in [6.07, 6.45) is 4.45. The van der Waals surface area contributed by atoms with Crippen molar-refractivity contribution in [3.63, 3.8) is 0 Å². The van der Waals surface area contributed by atoms with Crippen molar-refractivity contribution in [1.82, 2.24) is 15.1 Å². The smallest absolute Gasteiger partial charge is 0.245 e. The summed E-state index contributed by atoms with van der Waals surface area (Å²) in [6, 6.07) is 7.64. The van der Waals surface area contributed by atoms with Crippen molar-refractivity contribution in [3.05, 3.63) is 29.8 Å². The molecule has 2 atom stereocenters. The fraction of sp³-hybridized carbons (Fsp3) is 0.714. The number of piperazine rings is 1. The molecule has 34 heavy (non-hydrogen) atoms. The molecule has 1 aromatic rings. The molecule has 2 amide bonds. The number of hydrogen-bond acceptors (Lipinski definition) is 4. The van der Waals surface area contributed by atoms with E-state index in [0.717, 1.165) is 57.5 Å². The monoisotopic (exact) mass is 471 g/mol. The molecule has 0 saturated carbocycles. The van der Waals surface area contributed by atoms with Gasteiger partial charge in [-0.1, -0.05) is 39.8 Å². The van der Waals surface area contributed by atoms with Gasteiger partial charge >= 0.3 is 0 Å². The Balaban J connectivity index is 1.57. The van der Waals surface area contributed by atoms with Crippen molar-refractivity contribution < 1.29 is 14.3 Å². The molecule has 6 heteroatoms. The number of ether oxygens (including phenoxy) is 1. The molecule has 2 aliphatic rings. The standard InChI is InChI=1S/C28H45N3O3/c1-20(2)9-10-25-27(32)31(16-13-29-25)26(17-21(3)4)28(33)30-14-11-23(12-15-30)19-34-24-8-6-7-22(5)18-24/h6-8,18,20-21,23,25-26,29H,9-17,19H2,1-5H3/t25-,26-/m0/s1. The minimum atomic E-state index is -0.351. The summed E-state index contributed by atoms with van der Waals surface area (Å²) in [5.41, 5.74) is 1.20. The molecule has 2 fully saturated rings. The van der Waals surface area contributed by atoms with Crippen molar-refractivity contribution in [1.29, 1.82) is 0 Å². The summed E-state index contributed by atoms with van der Waals surface area (Å²) in [7, 11) is 0. The Hall–Kier alpha value is -2.08. The van der Waals surface area contributed by atoms with Gasteiger partial charge in [0.2, 0.25) is 11.8 Å². The Kier molecular flexibility index (Phi) is 9.81. The first-order chi connectivity index (χ1) is 16.2. The minimum Gasteiger partial charge on any atom is -0.493 e. The number of carbonyl (C=O) groups excluding carboxylic acids is 2. The maximum atomic E-state index is 13.7. The fourth-order valence-electron chi connectivity index (χ4n) is 5.05. The Morgan fingerprint density at radius 1 is 1.12 bits per heavy atom. The van der Waals surface area contributed by atoms with Crippen molar-refractivity contribution in [2.75, 3.05) is 32.8 Å². The zero-order valence-corrected chi connectivity index (χ0v) is 21.9. The van der Waals surface area contributed by atoms with Gasteiger partial charge in [-0.25, -0.2) is 0 Å². The van der Waals surface area contributed by atoms with Crippen LogP contribution in [-0.4, -0.2) is 66.5 Å². The highest BCUT2D eigenvalue weighted by atomic mass is 16.5. The van der Waals surface area contributed by atoms with E-state index in [1.165, 1.54) is 5.56 Å². The van der Waals surface area contributed by atoms with Gasteiger partial charge in [0.15, 0.2) is 0 Å². The summed E-state index contributed by atoms with van der Waals surface area (Å²) in [5, 5.41) is 3.39. The van der Waals surface area contributed by atoms with Crippen molar-refractivity contribution in [2.24, 2.45) is 17.8 Å². The predicted molar refractivity (Wildman–Crippen MR) is 137 cm³/mol. The van der Waals surface area contributed by atoms with Crippen LogP contribution in [0.25, 0.3) is 0 Å². The van der Waals surface area contributed by atoms with Gasteiger partial charge in [-0.05, 0) is 74.5 Å². The molecule has 3 rings (SSSR count). The van der Waals surface area contributed by atoms with Crippen LogP contribution in [0.5, 0.6) is 5.75 Å². The summed E-state index contributed by atoms with van der Waals surface area (Å²) >= 11 is 0. The van der Waals surface area contributed by atoms with Crippen LogP contribution in [0, 0.1) is 24.7 Å². The Labute approximate surface area is 206 Å². The summed E-state index contributed by atoms with van der Waals surface area (Å²) in [5.74, 6) is 2.52. The van der Waals surface area contributed by atoms with Crippen molar-refractivity contribution in [2.45, 2.75) is 78.8 Å². The number of likely N-dealkylation sites (tertiary alicyclic amines) is 1. The van der Waals surface area contributed by atoms with Crippen LogP contribution in [0.3, 0.4) is 0 Å². The average Bonchev–Trinajstić information content (AvgIpc) is 2.80. The lowest BCUT2D eigenvalue weighted by molar-refractivity contribution is -0.150. The zero-order chi connectivity index (χ0) is 24.7. The lowest BCUT2D eigenvalue weighted by Gasteiger charge is -2.42. The van der Waals surface area contributed by atoms with Gasteiger partial charge in [-0.3, -0.25) is 9.59 Å². The average molecular weight is 472 g/mol. The number of nitrogens with one attached hydrogen (secondary N) is 1. The van der Waals surface area contributed by atoms with Crippen LogP contribution >= 0.6 is 0 Å². The Morgan fingerprint density at radius 3 is 2.50 bits per heavy atom.